The summed E-state index contributed by atoms with van der Waals surface area (Å²) in [4.78, 5) is 37.8. The molecule has 6 nitrogen and oxygen atoms in total. The van der Waals surface area contributed by atoms with Crippen LogP contribution >= 0.6 is 23.2 Å². The van der Waals surface area contributed by atoms with Crippen LogP contribution in [-0.2, 0) is 14.3 Å². The van der Waals surface area contributed by atoms with Gasteiger partial charge in [0.15, 0.2) is 6.10 Å². The van der Waals surface area contributed by atoms with E-state index in [0.29, 0.717) is 32.6 Å². The van der Waals surface area contributed by atoms with Gasteiger partial charge in [0.25, 0.3) is 0 Å². The molecule has 0 heterocycles. The minimum atomic E-state index is -1.09. The van der Waals surface area contributed by atoms with Gasteiger partial charge in [-0.05, 0) is 48.9 Å². The van der Waals surface area contributed by atoms with Crippen molar-refractivity contribution in [1.29, 1.82) is 0 Å². The number of carbonyl (C=O) groups is 3. The molecule has 0 aromatic heterocycles. The normalized spacial score (nSPS) is 11.4. The fourth-order valence-electron chi connectivity index (χ4n) is 3.19. The van der Waals surface area contributed by atoms with E-state index < -0.39 is 12.1 Å². The number of esters is 1. The molecule has 0 aliphatic carbocycles. The van der Waals surface area contributed by atoms with Crippen molar-refractivity contribution < 1.29 is 23.9 Å². The van der Waals surface area contributed by atoms with Crippen LogP contribution in [0.15, 0.2) is 72.8 Å². The number of hydrogen-bond acceptors (Lipinski definition) is 5. The Morgan fingerprint density at radius 3 is 2.24 bits per heavy atom. The summed E-state index contributed by atoms with van der Waals surface area (Å²) in [6.07, 6.45) is -0.761. The third-order valence-electron chi connectivity index (χ3n) is 4.95. The average Bonchev–Trinajstić information content (AvgIpc) is 2.85. The molecule has 0 unspecified atom stereocenters. The van der Waals surface area contributed by atoms with Crippen molar-refractivity contribution in [2.75, 3.05) is 12.4 Å². The highest BCUT2D eigenvalue weighted by atomic mass is 35.5. The third-order valence-corrected chi connectivity index (χ3v) is 5.69. The summed E-state index contributed by atoms with van der Waals surface area (Å²) in [6.45, 7) is 0. The number of halogens is 2. The van der Waals surface area contributed by atoms with Crippen LogP contribution in [0.5, 0.6) is 5.75 Å². The Hall–Kier alpha value is -3.35. The predicted molar refractivity (Wildman–Crippen MR) is 132 cm³/mol. The van der Waals surface area contributed by atoms with Crippen LogP contribution in [0.2, 0.25) is 10.0 Å². The largest absolute Gasteiger partial charge is 0.497 e. The summed E-state index contributed by atoms with van der Waals surface area (Å²) in [5.41, 5.74) is 1.47. The highest BCUT2D eigenvalue weighted by Crippen LogP contribution is 2.26. The monoisotopic (exact) mass is 499 g/mol. The Morgan fingerprint density at radius 2 is 1.59 bits per heavy atom. The molecule has 0 bridgehead atoms. The number of rotatable bonds is 10. The summed E-state index contributed by atoms with van der Waals surface area (Å²) in [5, 5.41) is 3.42. The van der Waals surface area contributed by atoms with Crippen molar-refractivity contribution >= 4 is 46.5 Å². The molecule has 8 heteroatoms. The molecule has 176 valence electrons. The molecule has 1 atom stereocenters. The van der Waals surface area contributed by atoms with Crippen LogP contribution in [-0.4, -0.2) is 24.8 Å². The number of methoxy groups -OCH3 is 1. The van der Waals surface area contributed by atoms with Crippen molar-refractivity contribution in [3.8, 4) is 5.75 Å². The van der Waals surface area contributed by atoms with Gasteiger partial charge in [-0.15, -0.1) is 0 Å². The SMILES string of the molecule is COc1ccc(C(=O)[C@H](OC(=O)CCCC(=O)Nc2ccc(Cl)c(Cl)c2)c2ccccc2)cc1. The molecule has 1 N–H and O–H groups in total. The number of nitrogens with one attached hydrogen (secondary N) is 1. The quantitative estimate of drug-likeness (QED) is 0.262. The van der Waals surface area contributed by atoms with Gasteiger partial charge in [0, 0.05) is 29.7 Å². The van der Waals surface area contributed by atoms with Crippen LogP contribution in [0.4, 0.5) is 5.69 Å². The molecular weight excluding hydrogens is 477 g/mol. The number of Topliss-reactive ketones (excluding diaryl/α,β-unsaturated/α-hetero) is 1. The second-order valence-corrected chi connectivity index (χ2v) is 8.22. The Balaban J connectivity index is 1.58. The van der Waals surface area contributed by atoms with Crippen molar-refractivity contribution in [3.63, 3.8) is 0 Å². The highest BCUT2D eigenvalue weighted by molar-refractivity contribution is 6.42. The van der Waals surface area contributed by atoms with Crippen molar-refractivity contribution in [2.45, 2.75) is 25.4 Å². The minimum Gasteiger partial charge on any atom is -0.497 e. The van der Waals surface area contributed by atoms with Crippen LogP contribution in [0.25, 0.3) is 0 Å². The number of ether oxygens (including phenoxy) is 2. The fourth-order valence-corrected chi connectivity index (χ4v) is 3.49. The summed E-state index contributed by atoms with van der Waals surface area (Å²) in [6, 6.07) is 20.2. The van der Waals surface area contributed by atoms with Gasteiger partial charge in [-0.2, -0.15) is 0 Å². The smallest absolute Gasteiger partial charge is 0.306 e. The zero-order valence-electron chi connectivity index (χ0n) is 18.4. The van der Waals surface area contributed by atoms with E-state index in [1.807, 2.05) is 6.07 Å². The predicted octanol–water partition coefficient (Wildman–Crippen LogP) is 6.28. The fraction of sp³-hybridized carbons (Fsp3) is 0.192. The molecule has 3 aromatic carbocycles. The lowest BCUT2D eigenvalue weighted by Crippen LogP contribution is -2.20. The molecule has 3 rings (SSSR count). The van der Waals surface area contributed by atoms with Crippen LogP contribution in [0.3, 0.4) is 0 Å². The van der Waals surface area contributed by atoms with Crippen molar-refractivity contribution in [2.24, 2.45) is 0 Å². The zero-order chi connectivity index (χ0) is 24.5. The van der Waals surface area contributed by atoms with Crippen LogP contribution in [0.1, 0.15) is 41.3 Å². The number of anilines is 1. The Labute approximate surface area is 207 Å². The summed E-state index contributed by atoms with van der Waals surface area (Å²) in [5.74, 6) is -0.582. The summed E-state index contributed by atoms with van der Waals surface area (Å²) >= 11 is 11.8. The van der Waals surface area contributed by atoms with Gasteiger partial charge < -0.3 is 14.8 Å². The first-order valence-corrected chi connectivity index (χ1v) is 11.3. The van der Waals surface area contributed by atoms with Gasteiger partial charge in [0.05, 0.1) is 17.2 Å². The molecule has 3 aromatic rings. The third kappa shape index (κ3) is 7.07. The van der Waals surface area contributed by atoms with E-state index in [1.54, 1.807) is 66.7 Å². The molecule has 0 radical (unpaired) electrons. The molecular formula is C26H23Cl2NO5. The first-order chi connectivity index (χ1) is 16.4. The van der Waals surface area contributed by atoms with Crippen LogP contribution < -0.4 is 10.1 Å². The number of amides is 1. The molecule has 0 aliphatic rings. The molecule has 0 spiro atoms. The van der Waals surface area contributed by atoms with E-state index in [9.17, 15) is 14.4 Å². The topological polar surface area (TPSA) is 81.7 Å². The molecule has 0 saturated carbocycles. The van der Waals surface area contributed by atoms with E-state index in [4.69, 9.17) is 32.7 Å². The Morgan fingerprint density at radius 1 is 0.882 bits per heavy atom. The summed E-state index contributed by atoms with van der Waals surface area (Å²) < 4.78 is 10.7. The number of hydrogen-bond donors (Lipinski definition) is 1. The first-order valence-electron chi connectivity index (χ1n) is 10.5. The molecule has 0 saturated heterocycles. The summed E-state index contributed by atoms with van der Waals surface area (Å²) in [7, 11) is 1.54. The lowest BCUT2D eigenvalue weighted by atomic mass is 9.99. The van der Waals surface area contributed by atoms with Gasteiger partial charge in [-0.25, -0.2) is 0 Å². The van der Waals surface area contributed by atoms with Gasteiger partial charge in [0.2, 0.25) is 11.7 Å². The Bertz CT molecular complexity index is 1150. The van der Waals surface area contributed by atoms with E-state index in [0.717, 1.165) is 0 Å². The van der Waals surface area contributed by atoms with E-state index in [-0.39, 0.29) is 31.0 Å². The van der Waals surface area contributed by atoms with Gasteiger partial charge in [-0.3, -0.25) is 14.4 Å². The lowest BCUT2D eigenvalue weighted by molar-refractivity contribution is -0.147. The lowest BCUT2D eigenvalue weighted by Gasteiger charge is -2.17. The second kappa shape index (κ2) is 12.2. The zero-order valence-corrected chi connectivity index (χ0v) is 19.9. The Kier molecular flexibility index (Phi) is 9.08. The number of carbonyl (C=O) groups excluding carboxylic acids is 3. The maximum Gasteiger partial charge on any atom is 0.306 e. The molecule has 0 fully saturated rings. The molecule has 34 heavy (non-hydrogen) atoms. The average molecular weight is 500 g/mol. The van der Waals surface area contributed by atoms with Gasteiger partial charge in [0.1, 0.15) is 5.75 Å². The molecule has 1 amide bonds. The van der Waals surface area contributed by atoms with Gasteiger partial charge >= 0.3 is 5.97 Å². The molecule has 0 aliphatic heterocycles. The van der Waals surface area contributed by atoms with Crippen molar-refractivity contribution in [3.05, 3.63) is 94.0 Å². The van der Waals surface area contributed by atoms with E-state index >= 15 is 0 Å². The highest BCUT2D eigenvalue weighted by Gasteiger charge is 2.26. The van der Waals surface area contributed by atoms with Crippen molar-refractivity contribution in [1.82, 2.24) is 0 Å². The second-order valence-electron chi connectivity index (χ2n) is 7.40. The number of benzene rings is 3. The maximum atomic E-state index is 13.1. The minimum absolute atomic E-state index is 0.0198. The first kappa shape index (κ1) is 25.3. The maximum absolute atomic E-state index is 13.1. The van der Waals surface area contributed by atoms with Gasteiger partial charge in [-0.1, -0.05) is 53.5 Å². The standard InChI is InChI=1S/C26H23Cl2NO5/c1-33-20-13-10-17(11-14-20)25(32)26(18-6-3-2-4-7-18)34-24(31)9-5-8-23(30)29-19-12-15-21(27)22(28)16-19/h2-4,6-7,10-16,26H,5,8-9H2,1H3,(H,29,30)/t26-/m1/s1. The van der Waals surface area contributed by atoms with E-state index in [1.165, 1.54) is 7.11 Å². The van der Waals surface area contributed by atoms with Crippen LogP contribution in [0, 0.1) is 0 Å². The van der Waals surface area contributed by atoms with E-state index in [2.05, 4.69) is 5.32 Å². The number of ketones is 1.